The highest BCUT2D eigenvalue weighted by Gasteiger charge is 2.30. The van der Waals surface area contributed by atoms with Gasteiger partial charge in [0.25, 0.3) is 0 Å². The molecule has 2 atom stereocenters. The molecular weight excluding hydrogens is 466 g/mol. The Bertz CT molecular complexity index is 1100. The Kier molecular flexibility index (Phi) is 10.1. The summed E-state index contributed by atoms with van der Waals surface area (Å²) in [7, 11) is -2.20. The van der Waals surface area contributed by atoms with Crippen molar-refractivity contribution in [1.82, 2.24) is 10.2 Å². The number of hydrogen-bond donors (Lipinski definition) is 1. The summed E-state index contributed by atoms with van der Waals surface area (Å²) < 4.78 is 31.6. The van der Waals surface area contributed by atoms with Crippen LogP contribution in [0.3, 0.4) is 0 Å². The number of carbonyl (C=O) groups is 2. The van der Waals surface area contributed by atoms with Crippen LogP contribution in [0.25, 0.3) is 0 Å². The second-order valence-electron chi connectivity index (χ2n) is 8.66. The molecule has 0 aromatic heterocycles. The minimum absolute atomic E-state index is 0.0525. The number of sulfonamides is 1. The van der Waals surface area contributed by atoms with Gasteiger partial charge in [0.2, 0.25) is 21.8 Å². The molecule has 0 spiro atoms. The van der Waals surface area contributed by atoms with Crippen LogP contribution in [0.2, 0.25) is 0 Å². The molecule has 0 saturated carbocycles. The molecule has 35 heavy (non-hydrogen) atoms. The summed E-state index contributed by atoms with van der Waals surface area (Å²) in [6.07, 6.45) is 2.63. The van der Waals surface area contributed by atoms with Crippen LogP contribution in [0.15, 0.2) is 48.5 Å². The van der Waals surface area contributed by atoms with E-state index in [2.05, 4.69) is 5.32 Å². The van der Waals surface area contributed by atoms with E-state index in [0.29, 0.717) is 11.4 Å². The lowest BCUT2D eigenvalue weighted by molar-refractivity contribution is -0.139. The first-order valence-corrected chi connectivity index (χ1v) is 13.6. The summed E-state index contributed by atoms with van der Waals surface area (Å²) in [5.74, 6) is -0.154. The molecule has 0 bridgehead atoms. The van der Waals surface area contributed by atoms with Crippen LogP contribution in [0.5, 0.6) is 5.75 Å². The van der Waals surface area contributed by atoms with E-state index >= 15 is 0 Å². The number of nitrogens with zero attached hydrogens (tertiary/aromatic N) is 2. The maximum Gasteiger partial charge on any atom is 0.244 e. The van der Waals surface area contributed by atoms with Crippen molar-refractivity contribution < 1.29 is 22.7 Å². The highest BCUT2D eigenvalue weighted by Crippen LogP contribution is 2.21. The molecule has 9 heteroatoms. The van der Waals surface area contributed by atoms with Crippen molar-refractivity contribution in [2.75, 3.05) is 24.2 Å². The number of hydrogen-bond acceptors (Lipinski definition) is 5. The number of ether oxygens (including phenoxy) is 1. The second-order valence-corrected chi connectivity index (χ2v) is 10.6. The van der Waals surface area contributed by atoms with Gasteiger partial charge in [-0.15, -0.1) is 0 Å². The maximum atomic E-state index is 13.6. The van der Waals surface area contributed by atoms with Crippen LogP contribution >= 0.6 is 0 Å². The van der Waals surface area contributed by atoms with Crippen molar-refractivity contribution >= 4 is 27.5 Å². The zero-order valence-corrected chi connectivity index (χ0v) is 22.3. The van der Waals surface area contributed by atoms with Gasteiger partial charge in [-0.3, -0.25) is 13.9 Å². The highest BCUT2D eigenvalue weighted by molar-refractivity contribution is 7.92. The normalized spacial score (nSPS) is 13.0. The molecule has 0 aliphatic carbocycles. The van der Waals surface area contributed by atoms with E-state index in [1.807, 2.05) is 39.0 Å². The predicted octanol–water partition coefficient (Wildman–Crippen LogP) is 3.36. The first-order chi connectivity index (χ1) is 16.5. The fourth-order valence-corrected chi connectivity index (χ4v) is 4.38. The average molecular weight is 504 g/mol. The molecule has 2 rings (SSSR count). The molecule has 0 heterocycles. The van der Waals surface area contributed by atoms with Crippen LogP contribution in [0.4, 0.5) is 5.69 Å². The fraction of sp³-hybridized carbons (Fsp3) is 0.462. The largest absolute Gasteiger partial charge is 0.497 e. The maximum absolute atomic E-state index is 13.6. The SMILES string of the molecule is CCc1ccc(N(CC(=O)N(Cc2cccc(OC)c2)[C@H](C)C(=O)N[C@@H](C)CC)S(C)(=O)=O)cc1. The summed E-state index contributed by atoms with van der Waals surface area (Å²) in [6, 6.07) is 13.4. The van der Waals surface area contributed by atoms with Crippen LogP contribution in [0, 0.1) is 0 Å². The third-order valence-corrected chi connectivity index (χ3v) is 7.11. The Labute approximate surface area is 209 Å². The quantitative estimate of drug-likeness (QED) is 0.479. The Morgan fingerprint density at radius 3 is 2.23 bits per heavy atom. The van der Waals surface area contributed by atoms with E-state index in [-0.39, 0.29) is 18.5 Å². The lowest BCUT2D eigenvalue weighted by atomic mass is 10.1. The third kappa shape index (κ3) is 7.99. The number of rotatable bonds is 12. The molecule has 0 aliphatic heterocycles. The van der Waals surface area contributed by atoms with Gasteiger partial charge in [0.15, 0.2) is 0 Å². The standard InChI is InChI=1S/C26H37N3O5S/c1-7-19(3)27-26(31)20(4)28(17-22-10-9-11-24(16-22)34-5)25(30)18-29(35(6,32)33)23-14-12-21(8-2)13-15-23/h9-16,19-20H,7-8,17-18H2,1-6H3,(H,27,31)/t19-,20+/m0/s1. The fourth-order valence-electron chi connectivity index (χ4n) is 3.53. The summed E-state index contributed by atoms with van der Waals surface area (Å²) in [5.41, 5.74) is 2.22. The third-order valence-electron chi connectivity index (χ3n) is 5.97. The van der Waals surface area contributed by atoms with Gasteiger partial charge in [-0.25, -0.2) is 8.42 Å². The zero-order valence-electron chi connectivity index (χ0n) is 21.4. The lowest BCUT2D eigenvalue weighted by Crippen LogP contribution is -2.52. The Balaban J connectivity index is 2.39. The highest BCUT2D eigenvalue weighted by atomic mass is 32.2. The molecule has 0 radical (unpaired) electrons. The van der Waals surface area contributed by atoms with Gasteiger partial charge in [0.1, 0.15) is 18.3 Å². The van der Waals surface area contributed by atoms with Crippen molar-refractivity contribution in [3.8, 4) is 5.75 Å². The van der Waals surface area contributed by atoms with E-state index in [1.54, 1.807) is 44.4 Å². The first-order valence-electron chi connectivity index (χ1n) is 11.8. The lowest BCUT2D eigenvalue weighted by Gasteiger charge is -2.32. The second kappa shape index (κ2) is 12.6. The molecule has 192 valence electrons. The number of benzene rings is 2. The van der Waals surface area contributed by atoms with Gasteiger partial charge in [0.05, 0.1) is 19.1 Å². The number of aryl methyl sites for hydroxylation is 1. The summed E-state index contributed by atoms with van der Waals surface area (Å²) >= 11 is 0. The van der Waals surface area contributed by atoms with Gasteiger partial charge < -0.3 is 15.0 Å². The van der Waals surface area contributed by atoms with Crippen molar-refractivity contribution in [3.63, 3.8) is 0 Å². The minimum atomic E-state index is -3.75. The molecule has 2 aromatic rings. The first kappa shape index (κ1) is 28.2. The smallest absolute Gasteiger partial charge is 0.244 e. The van der Waals surface area contributed by atoms with Crippen LogP contribution < -0.4 is 14.4 Å². The minimum Gasteiger partial charge on any atom is -0.497 e. The van der Waals surface area contributed by atoms with Crippen molar-refractivity contribution in [3.05, 3.63) is 59.7 Å². The molecule has 0 unspecified atom stereocenters. The van der Waals surface area contributed by atoms with Crippen LogP contribution in [-0.4, -0.2) is 57.1 Å². The van der Waals surface area contributed by atoms with E-state index in [4.69, 9.17) is 4.74 Å². The number of amides is 2. The Morgan fingerprint density at radius 1 is 1.03 bits per heavy atom. The van der Waals surface area contributed by atoms with Gasteiger partial charge in [-0.05, 0) is 62.1 Å². The molecule has 2 aromatic carbocycles. The average Bonchev–Trinajstić information content (AvgIpc) is 2.84. The number of carbonyl (C=O) groups excluding carboxylic acids is 2. The van der Waals surface area contributed by atoms with Crippen LogP contribution in [-0.2, 0) is 32.6 Å². The van der Waals surface area contributed by atoms with Gasteiger partial charge in [-0.2, -0.15) is 0 Å². The number of nitrogens with one attached hydrogen (secondary N) is 1. The van der Waals surface area contributed by atoms with Crippen molar-refractivity contribution in [2.24, 2.45) is 0 Å². The molecule has 0 saturated heterocycles. The van der Waals surface area contributed by atoms with Crippen molar-refractivity contribution in [1.29, 1.82) is 0 Å². The predicted molar refractivity (Wildman–Crippen MR) is 139 cm³/mol. The summed E-state index contributed by atoms with van der Waals surface area (Å²) in [6.45, 7) is 7.21. The van der Waals surface area contributed by atoms with Gasteiger partial charge >= 0.3 is 0 Å². The van der Waals surface area contributed by atoms with E-state index in [1.165, 1.54) is 4.90 Å². The molecule has 1 N–H and O–H groups in total. The van der Waals surface area contributed by atoms with Crippen LogP contribution in [0.1, 0.15) is 45.2 Å². The molecule has 0 aliphatic rings. The van der Waals surface area contributed by atoms with Crippen molar-refractivity contribution in [2.45, 2.75) is 59.2 Å². The summed E-state index contributed by atoms with van der Waals surface area (Å²) in [4.78, 5) is 27.9. The molecule has 8 nitrogen and oxygen atoms in total. The monoisotopic (exact) mass is 503 g/mol. The van der Waals surface area contributed by atoms with E-state index in [0.717, 1.165) is 34.5 Å². The zero-order chi connectivity index (χ0) is 26.2. The number of anilines is 1. The Hall–Kier alpha value is -3.07. The van der Waals surface area contributed by atoms with E-state index < -0.39 is 28.5 Å². The molecule has 0 fully saturated rings. The van der Waals surface area contributed by atoms with Gasteiger partial charge in [-0.1, -0.05) is 38.1 Å². The number of methoxy groups -OCH3 is 1. The topological polar surface area (TPSA) is 96.0 Å². The van der Waals surface area contributed by atoms with Gasteiger partial charge in [0, 0.05) is 12.6 Å². The molecular formula is C26H37N3O5S. The van der Waals surface area contributed by atoms with E-state index in [9.17, 15) is 18.0 Å². The Morgan fingerprint density at radius 2 is 1.69 bits per heavy atom. The summed E-state index contributed by atoms with van der Waals surface area (Å²) in [5, 5.41) is 2.91. The molecule has 2 amide bonds.